The maximum Gasteiger partial charge on any atom is 0.329 e. The summed E-state index contributed by atoms with van der Waals surface area (Å²) in [7, 11) is 3.46. The van der Waals surface area contributed by atoms with Gasteiger partial charge in [-0.2, -0.15) is 4.98 Å². The molecule has 1 unspecified atom stereocenters. The van der Waals surface area contributed by atoms with E-state index >= 15 is 0 Å². The molecule has 3 aromatic heterocycles. The van der Waals surface area contributed by atoms with Crippen molar-refractivity contribution in [2.75, 3.05) is 18.0 Å². The number of imidazole rings is 1. The highest BCUT2D eigenvalue weighted by Crippen LogP contribution is 2.44. The van der Waals surface area contributed by atoms with Crippen molar-refractivity contribution in [2.24, 2.45) is 14.1 Å². The van der Waals surface area contributed by atoms with Crippen LogP contribution in [0.3, 0.4) is 0 Å². The van der Waals surface area contributed by atoms with Crippen LogP contribution in [0, 0.1) is 6.92 Å². The van der Waals surface area contributed by atoms with Crippen LogP contribution in [-0.4, -0.2) is 42.2 Å². The third-order valence-corrected chi connectivity index (χ3v) is 6.33. The number of hydrogen-bond donors (Lipinski definition) is 1. The Morgan fingerprint density at radius 3 is 2.79 bits per heavy atom. The highest BCUT2D eigenvalue weighted by molar-refractivity contribution is 5.74. The minimum absolute atomic E-state index is 0.00226. The molecule has 3 aromatic rings. The molecule has 1 spiro atoms. The van der Waals surface area contributed by atoms with Gasteiger partial charge >= 0.3 is 5.69 Å². The Hall–Kier alpha value is -2.97. The van der Waals surface area contributed by atoms with E-state index in [2.05, 4.69) is 19.9 Å². The molecule has 0 bridgehead atoms. The summed E-state index contributed by atoms with van der Waals surface area (Å²) < 4.78 is 3.19. The van der Waals surface area contributed by atoms with Gasteiger partial charge in [0, 0.05) is 38.8 Å². The summed E-state index contributed by atoms with van der Waals surface area (Å²) in [6.45, 7) is 3.61. The van der Waals surface area contributed by atoms with Gasteiger partial charge in [0.2, 0.25) is 5.95 Å². The van der Waals surface area contributed by atoms with E-state index in [1.807, 2.05) is 20.2 Å². The van der Waals surface area contributed by atoms with Crippen LogP contribution in [0.1, 0.15) is 36.3 Å². The molecule has 0 aromatic carbocycles. The Morgan fingerprint density at radius 1 is 1.14 bits per heavy atom. The number of nitrogens with one attached hydrogen (secondary N) is 1. The lowest BCUT2D eigenvalue weighted by atomic mass is 9.77. The average molecular weight is 381 g/mol. The van der Waals surface area contributed by atoms with Crippen LogP contribution in [0.15, 0.2) is 15.8 Å². The first kappa shape index (κ1) is 17.2. The van der Waals surface area contributed by atoms with Crippen LogP contribution in [0.5, 0.6) is 0 Å². The molecule has 1 N–H and O–H groups in total. The van der Waals surface area contributed by atoms with E-state index in [0.717, 1.165) is 50.5 Å². The van der Waals surface area contributed by atoms with Crippen LogP contribution in [0.25, 0.3) is 11.2 Å². The van der Waals surface area contributed by atoms with Gasteiger partial charge in [-0.1, -0.05) is 0 Å². The van der Waals surface area contributed by atoms with E-state index in [9.17, 15) is 9.59 Å². The highest BCUT2D eigenvalue weighted by Gasteiger charge is 2.44. The second-order valence-corrected chi connectivity index (χ2v) is 8.06. The number of aromatic amines is 1. The minimum atomic E-state index is -0.450. The summed E-state index contributed by atoms with van der Waals surface area (Å²) in [5, 5.41) is 0. The fourth-order valence-electron chi connectivity index (χ4n) is 4.91. The Bertz CT molecular complexity index is 1220. The Morgan fingerprint density at radius 2 is 1.96 bits per heavy atom. The second-order valence-electron chi connectivity index (χ2n) is 8.06. The summed E-state index contributed by atoms with van der Waals surface area (Å²) in [5.74, 6) is 1.53. The molecule has 1 saturated heterocycles. The van der Waals surface area contributed by atoms with Gasteiger partial charge < -0.3 is 9.47 Å². The Balaban J connectivity index is 1.61. The number of fused-ring (bicyclic) bond motifs is 3. The van der Waals surface area contributed by atoms with E-state index < -0.39 is 11.2 Å². The predicted octanol–water partition coefficient (Wildman–Crippen LogP) is 0.543. The average Bonchev–Trinajstić information content (AvgIpc) is 3.19. The monoisotopic (exact) mass is 381 g/mol. The molecule has 1 fully saturated rings. The second kappa shape index (κ2) is 5.76. The molecule has 9 nitrogen and oxygen atoms in total. The maximum atomic E-state index is 12.4. The van der Waals surface area contributed by atoms with Crippen LogP contribution in [-0.2, 0) is 25.9 Å². The van der Waals surface area contributed by atoms with Gasteiger partial charge in [0.15, 0.2) is 11.2 Å². The van der Waals surface area contributed by atoms with Crippen molar-refractivity contribution in [3.05, 3.63) is 44.1 Å². The lowest BCUT2D eigenvalue weighted by molar-refractivity contribution is 0.330. The third kappa shape index (κ3) is 2.28. The molecule has 28 heavy (non-hydrogen) atoms. The standard InChI is InChI=1S/C19H23N7O2/c1-11-20-9-12-5-7-19(14(12)21-11)6-4-8-26(10-19)17-22-15-13(24(17)2)16(27)23-18(28)25(15)3/h9H,4-8,10H2,1-3H3,(H,23,27,28). The van der Waals surface area contributed by atoms with Gasteiger partial charge in [0.05, 0.1) is 5.69 Å². The quantitative estimate of drug-likeness (QED) is 0.660. The SMILES string of the molecule is Cc1ncc2c(n1)C1(CCCN(c3nc4c(c(=O)[nH]c(=O)n4C)n3C)C1)CC2. The van der Waals surface area contributed by atoms with E-state index in [1.54, 1.807) is 11.6 Å². The largest absolute Gasteiger partial charge is 0.341 e. The van der Waals surface area contributed by atoms with Crippen LogP contribution in [0.4, 0.5) is 5.95 Å². The molecular weight excluding hydrogens is 358 g/mol. The highest BCUT2D eigenvalue weighted by atomic mass is 16.2. The first-order chi connectivity index (χ1) is 13.4. The fraction of sp³-hybridized carbons (Fsp3) is 0.526. The molecule has 9 heteroatoms. The molecule has 0 amide bonds. The third-order valence-electron chi connectivity index (χ3n) is 6.33. The molecule has 5 rings (SSSR count). The number of nitrogens with zero attached hydrogens (tertiary/aromatic N) is 6. The van der Waals surface area contributed by atoms with Gasteiger partial charge in [-0.15, -0.1) is 0 Å². The minimum Gasteiger partial charge on any atom is -0.341 e. The molecule has 1 aliphatic carbocycles. The smallest absolute Gasteiger partial charge is 0.329 e. The topological polar surface area (TPSA) is 102 Å². The normalized spacial score (nSPS) is 21.6. The Labute approximate surface area is 161 Å². The van der Waals surface area contributed by atoms with E-state index in [4.69, 9.17) is 4.98 Å². The zero-order valence-electron chi connectivity index (χ0n) is 16.3. The van der Waals surface area contributed by atoms with Gasteiger partial charge in [-0.05, 0) is 38.2 Å². The zero-order valence-corrected chi connectivity index (χ0v) is 16.3. The molecule has 4 heterocycles. The number of aromatic nitrogens is 6. The maximum absolute atomic E-state index is 12.4. The van der Waals surface area contributed by atoms with Crippen molar-refractivity contribution in [1.29, 1.82) is 0 Å². The fourth-order valence-corrected chi connectivity index (χ4v) is 4.91. The molecule has 0 saturated carbocycles. The van der Waals surface area contributed by atoms with Crippen molar-refractivity contribution in [1.82, 2.24) is 29.1 Å². The van der Waals surface area contributed by atoms with Crippen LogP contribution in [0.2, 0.25) is 0 Å². The van der Waals surface area contributed by atoms with Crippen molar-refractivity contribution < 1.29 is 0 Å². The van der Waals surface area contributed by atoms with Crippen molar-refractivity contribution in [3.8, 4) is 0 Å². The number of aryl methyl sites for hydroxylation is 4. The van der Waals surface area contributed by atoms with Gasteiger partial charge in [0.1, 0.15) is 5.82 Å². The summed E-state index contributed by atoms with van der Waals surface area (Å²) in [6, 6.07) is 0. The van der Waals surface area contributed by atoms with E-state index in [0.29, 0.717) is 11.2 Å². The number of piperidine rings is 1. The lowest BCUT2D eigenvalue weighted by Crippen LogP contribution is -2.46. The van der Waals surface area contributed by atoms with Crippen molar-refractivity contribution in [2.45, 2.75) is 38.0 Å². The predicted molar refractivity (Wildman–Crippen MR) is 105 cm³/mol. The van der Waals surface area contributed by atoms with Gasteiger partial charge in [-0.3, -0.25) is 14.3 Å². The van der Waals surface area contributed by atoms with Gasteiger partial charge in [-0.25, -0.2) is 14.8 Å². The van der Waals surface area contributed by atoms with Crippen LogP contribution < -0.4 is 16.1 Å². The summed E-state index contributed by atoms with van der Waals surface area (Å²) in [5.41, 5.74) is 2.40. The summed E-state index contributed by atoms with van der Waals surface area (Å²) in [6.07, 6.45) is 6.15. The molecule has 146 valence electrons. The summed E-state index contributed by atoms with van der Waals surface area (Å²) in [4.78, 5) is 42.8. The Kier molecular flexibility index (Phi) is 3.53. The molecule has 2 aliphatic rings. The number of anilines is 1. The van der Waals surface area contributed by atoms with Crippen molar-refractivity contribution in [3.63, 3.8) is 0 Å². The first-order valence-electron chi connectivity index (χ1n) is 9.63. The van der Waals surface area contributed by atoms with E-state index in [1.165, 1.54) is 15.8 Å². The zero-order chi connectivity index (χ0) is 19.6. The molecule has 0 radical (unpaired) electrons. The number of hydrogen-bond acceptors (Lipinski definition) is 6. The lowest BCUT2D eigenvalue weighted by Gasteiger charge is -2.40. The summed E-state index contributed by atoms with van der Waals surface area (Å²) >= 11 is 0. The van der Waals surface area contributed by atoms with Crippen molar-refractivity contribution >= 4 is 17.1 Å². The van der Waals surface area contributed by atoms with Gasteiger partial charge in [0.25, 0.3) is 5.56 Å². The first-order valence-corrected chi connectivity index (χ1v) is 9.63. The number of H-pyrrole nitrogens is 1. The molecular formula is C19H23N7O2. The van der Waals surface area contributed by atoms with E-state index in [-0.39, 0.29) is 5.41 Å². The molecule has 1 atom stereocenters. The van der Waals surface area contributed by atoms with Crippen LogP contribution >= 0.6 is 0 Å². The number of rotatable bonds is 1. The molecule has 1 aliphatic heterocycles.